The van der Waals surface area contributed by atoms with E-state index in [0.29, 0.717) is 0 Å². The average Bonchev–Trinajstić information content (AvgIpc) is 2.88. The summed E-state index contributed by atoms with van der Waals surface area (Å²) < 4.78 is 10.8. The Bertz CT molecular complexity index is 681. The maximum absolute atomic E-state index is 11.7. The number of hydrogen-bond donors (Lipinski definition) is 1. The van der Waals surface area contributed by atoms with Crippen molar-refractivity contribution < 1.29 is 19.1 Å². The zero-order chi connectivity index (χ0) is 15.4. The SMILES string of the molecule is CCOC(=O)c1nn(-c2ncccc2C(=O)OC)cc1N. The predicted molar refractivity (Wildman–Crippen MR) is 73.1 cm³/mol. The van der Waals surface area contributed by atoms with Gasteiger partial charge in [-0.2, -0.15) is 5.10 Å². The lowest BCUT2D eigenvalue weighted by atomic mass is 10.2. The number of carbonyl (C=O) groups excluding carboxylic acids is 2. The van der Waals surface area contributed by atoms with E-state index in [4.69, 9.17) is 10.5 Å². The fraction of sp³-hybridized carbons (Fsp3) is 0.231. The molecule has 0 aliphatic heterocycles. The molecule has 0 aromatic carbocycles. The number of nitrogens with two attached hydrogens (primary N) is 1. The Kier molecular flexibility index (Phi) is 4.17. The molecular formula is C13H14N4O4. The summed E-state index contributed by atoms with van der Waals surface area (Å²) in [5.41, 5.74) is 6.05. The molecule has 2 N–H and O–H groups in total. The highest BCUT2D eigenvalue weighted by molar-refractivity contribution is 5.94. The largest absolute Gasteiger partial charge is 0.465 e. The van der Waals surface area contributed by atoms with Crippen LogP contribution in [0.1, 0.15) is 27.8 Å². The molecule has 0 aliphatic carbocycles. The Balaban J connectivity index is 2.47. The number of hydrogen-bond acceptors (Lipinski definition) is 7. The summed E-state index contributed by atoms with van der Waals surface area (Å²) in [5, 5.41) is 4.02. The first-order valence-electron chi connectivity index (χ1n) is 6.14. The molecule has 0 unspecified atom stereocenters. The molecule has 0 spiro atoms. The fourth-order valence-corrected chi connectivity index (χ4v) is 1.70. The minimum atomic E-state index is -0.635. The third-order valence-corrected chi connectivity index (χ3v) is 2.62. The van der Waals surface area contributed by atoms with Crippen LogP contribution in [0.3, 0.4) is 0 Å². The number of aromatic nitrogens is 3. The molecule has 0 saturated carbocycles. The Morgan fingerprint density at radius 3 is 2.81 bits per heavy atom. The van der Waals surface area contributed by atoms with E-state index in [2.05, 4.69) is 14.8 Å². The summed E-state index contributed by atoms with van der Waals surface area (Å²) in [4.78, 5) is 27.5. The molecule has 2 rings (SSSR count). The Morgan fingerprint density at radius 1 is 1.38 bits per heavy atom. The van der Waals surface area contributed by atoms with Crippen molar-refractivity contribution in [3.05, 3.63) is 35.8 Å². The molecule has 8 nitrogen and oxygen atoms in total. The molecule has 2 aromatic heterocycles. The standard InChI is InChI=1S/C13H14N4O4/c1-3-21-13(19)10-9(14)7-17(16-10)11-8(12(18)20-2)5-4-6-15-11/h4-7H,3,14H2,1-2H3. The van der Waals surface area contributed by atoms with E-state index in [1.807, 2.05) is 0 Å². The quantitative estimate of drug-likeness (QED) is 0.830. The van der Waals surface area contributed by atoms with Crippen molar-refractivity contribution in [2.45, 2.75) is 6.92 Å². The molecular weight excluding hydrogens is 276 g/mol. The van der Waals surface area contributed by atoms with Gasteiger partial charge in [0.1, 0.15) is 5.56 Å². The van der Waals surface area contributed by atoms with Crippen LogP contribution in [0.25, 0.3) is 5.82 Å². The van der Waals surface area contributed by atoms with Crippen molar-refractivity contribution >= 4 is 17.6 Å². The van der Waals surface area contributed by atoms with E-state index in [1.54, 1.807) is 13.0 Å². The number of methoxy groups -OCH3 is 1. The van der Waals surface area contributed by atoms with Gasteiger partial charge < -0.3 is 15.2 Å². The molecule has 0 radical (unpaired) electrons. The minimum Gasteiger partial charge on any atom is -0.465 e. The summed E-state index contributed by atoms with van der Waals surface area (Å²) >= 11 is 0. The maximum atomic E-state index is 11.7. The second-order valence-electron chi connectivity index (χ2n) is 3.96. The Morgan fingerprint density at radius 2 is 2.14 bits per heavy atom. The van der Waals surface area contributed by atoms with Crippen LogP contribution in [0.5, 0.6) is 0 Å². The molecule has 21 heavy (non-hydrogen) atoms. The number of pyridine rings is 1. The first-order valence-corrected chi connectivity index (χ1v) is 6.14. The van der Waals surface area contributed by atoms with Gasteiger partial charge in [-0.15, -0.1) is 0 Å². The van der Waals surface area contributed by atoms with Crippen LogP contribution in [-0.4, -0.2) is 40.4 Å². The van der Waals surface area contributed by atoms with Gasteiger partial charge in [-0.1, -0.05) is 0 Å². The lowest BCUT2D eigenvalue weighted by Gasteiger charge is -2.05. The van der Waals surface area contributed by atoms with Gasteiger partial charge in [0.05, 0.1) is 25.6 Å². The van der Waals surface area contributed by atoms with Crippen LogP contribution in [-0.2, 0) is 9.47 Å². The van der Waals surface area contributed by atoms with E-state index in [9.17, 15) is 9.59 Å². The van der Waals surface area contributed by atoms with Crippen LogP contribution < -0.4 is 5.73 Å². The number of rotatable bonds is 4. The highest BCUT2D eigenvalue weighted by Gasteiger charge is 2.20. The molecule has 8 heteroatoms. The van der Waals surface area contributed by atoms with Gasteiger partial charge in [0.15, 0.2) is 11.5 Å². The molecule has 2 aromatic rings. The number of anilines is 1. The predicted octanol–water partition coefficient (Wildman–Crippen LogP) is 0.813. The second kappa shape index (κ2) is 6.04. The summed E-state index contributed by atoms with van der Waals surface area (Å²) in [6.45, 7) is 1.89. The molecule has 0 bridgehead atoms. The summed E-state index contributed by atoms with van der Waals surface area (Å²) in [6.07, 6.45) is 2.88. The summed E-state index contributed by atoms with van der Waals surface area (Å²) in [5.74, 6) is -0.985. The Labute approximate surface area is 120 Å². The topological polar surface area (TPSA) is 109 Å². The summed E-state index contributed by atoms with van der Waals surface area (Å²) in [7, 11) is 1.26. The van der Waals surface area contributed by atoms with E-state index >= 15 is 0 Å². The van der Waals surface area contributed by atoms with Gasteiger partial charge in [-0.3, -0.25) is 0 Å². The maximum Gasteiger partial charge on any atom is 0.361 e. The second-order valence-corrected chi connectivity index (χ2v) is 3.96. The van der Waals surface area contributed by atoms with Crippen molar-refractivity contribution in [2.75, 3.05) is 19.5 Å². The van der Waals surface area contributed by atoms with E-state index < -0.39 is 11.9 Å². The highest BCUT2D eigenvalue weighted by Crippen LogP contribution is 2.17. The van der Waals surface area contributed by atoms with Crippen molar-refractivity contribution in [1.29, 1.82) is 0 Å². The van der Waals surface area contributed by atoms with Crippen LogP contribution in [0.2, 0.25) is 0 Å². The van der Waals surface area contributed by atoms with Crippen LogP contribution in [0, 0.1) is 0 Å². The van der Waals surface area contributed by atoms with E-state index in [1.165, 1.54) is 30.3 Å². The van der Waals surface area contributed by atoms with Gasteiger partial charge in [0.25, 0.3) is 0 Å². The van der Waals surface area contributed by atoms with Crippen LogP contribution in [0.4, 0.5) is 5.69 Å². The average molecular weight is 290 g/mol. The molecule has 0 atom stereocenters. The number of ether oxygens (including phenoxy) is 2. The van der Waals surface area contributed by atoms with Gasteiger partial charge in [-0.25, -0.2) is 19.3 Å². The van der Waals surface area contributed by atoms with Crippen molar-refractivity contribution in [3.63, 3.8) is 0 Å². The molecule has 110 valence electrons. The number of nitrogen functional groups attached to an aromatic ring is 1. The fourth-order valence-electron chi connectivity index (χ4n) is 1.70. The molecule has 2 heterocycles. The van der Waals surface area contributed by atoms with Crippen LogP contribution >= 0.6 is 0 Å². The third-order valence-electron chi connectivity index (χ3n) is 2.62. The lowest BCUT2D eigenvalue weighted by molar-refractivity contribution is 0.0519. The molecule has 0 aliphatic rings. The van der Waals surface area contributed by atoms with E-state index in [0.717, 1.165) is 0 Å². The monoisotopic (exact) mass is 290 g/mol. The molecule has 0 saturated heterocycles. The van der Waals surface area contributed by atoms with Crippen molar-refractivity contribution in [3.8, 4) is 5.82 Å². The van der Waals surface area contributed by atoms with Crippen molar-refractivity contribution in [1.82, 2.24) is 14.8 Å². The zero-order valence-corrected chi connectivity index (χ0v) is 11.6. The van der Waals surface area contributed by atoms with E-state index in [-0.39, 0.29) is 29.4 Å². The van der Waals surface area contributed by atoms with Gasteiger partial charge in [-0.05, 0) is 19.1 Å². The summed E-state index contributed by atoms with van der Waals surface area (Å²) in [6, 6.07) is 3.13. The molecule has 0 amide bonds. The van der Waals surface area contributed by atoms with Crippen LogP contribution in [0.15, 0.2) is 24.5 Å². The normalized spacial score (nSPS) is 10.2. The van der Waals surface area contributed by atoms with Gasteiger partial charge in [0, 0.05) is 6.20 Å². The highest BCUT2D eigenvalue weighted by atomic mass is 16.5. The number of carbonyl (C=O) groups is 2. The molecule has 0 fully saturated rings. The van der Waals surface area contributed by atoms with Gasteiger partial charge in [0.2, 0.25) is 0 Å². The lowest BCUT2D eigenvalue weighted by Crippen LogP contribution is -2.11. The number of esters is 2. The van der Waals surface area contributed by atoms with Crippen molar-refractivity contribution in [2.24, 2.45) is 0 Å². The first kappa shape index (κ1) is 14.5. The Hall–Kier alpha value is -2.90. The third kappa shape index (κ3) is 2.83. The first-order chi connectivity index (χ1) is 10.1. The zero-order valence-electron chi connectivity index (χ0n) is 11.6. The number of nitrogens with zero attached hydrogens (tertiary/aromatic N) is 3. The smallest absolute Gasteiger partial charge is 0.361 e. The van der Waals surface area contributed by atoms with Gasteiger partial charge >= 0.3 is 11.9 Å². The minimum absolute atomic E-state index is 0.0293.